The van der Waals surface area contributed by atoms with Crippen molar-refractivity contribution in [2.45, 2.75) is 47.5 Å². The normalized spacial score (nSPS) is 9.29. The molecular weight excluding hydrogens is 192 g/mol. The van der Waals surface area contributed by atoms with E-state index in [9.17, 15) is 0 Å². The van der Waals surface area contributed by atoms with Crippen molar-refractivity contribution in [3.05, 3.63) is 33.8 Å². The fourth-order valence-corrected chi connectivity index (χ4v) is 1.63. The Bertz CT molecular complexity index is 277. The molecule has 0 heterocycles. The van der Waals surface area contributed by atoms with E-state index in [1.54, 1.807) is 0 Å². The molecule has 1 rings (SSSR count). The van der Waals surface area contributed by atoms with Crippen LogP contribution in [0.2, 0.25) is 5.02 Å². The summed E-state index contributed by atoms with van der Waals surface area (Å²) in [6, 6.07) is 4.32. The molecule has 0 unspecified atom stereocenters. The topological polar surface area (TPSA) is 0 Å². The maximum Gasteiger partial charge on any atom is 0.0440 e. The molecule has 0 saturated carbocycles. The average molecular weight is 213 g/mol. The van der Waals surface area contributed by atoms with E-state index in [0.29, 0.717) is 0 Å². The maximum atomic E-state index is 6.08. The van der Waals surface area contributed by atoms with Gasteiger partial charge in [-0.1, -0.05) is 45.4 Å². The van der Waals surface area contributed by atoms with Crippen LogP contribution in [0.15, 0.2) is 12.1 Å². The van der Waals surface area contributed by atoms with Crippen LogP contribution in [0.3, 0.4) is 0 Å². The van der Waals surface area contributed by atoms with Gasteiger partial charge in [-0.05, 0) is 42.5 Å². The Morgan fingerprint density at radius 3 is 2.07 bits per heavy atom. The predicted molar refractivity (Wildman–Crippen MR) is 66.3 cm³/mol. The van der Waals surface area contributed by atoms with Gasteiger partial charge in [0, 0.05) is 5.02 Å². The van der Waals surface area contributed by atoms with Crippen molar-refractivity contribution >= 4 is 11.6 Å². The Kier molecular flexibility index (Phi) is 6.65. The second-order valence-electron chi connectivity index (χ2n) is 3.07. The molecule has 0 aliphatic rings. The van der Waals surface area contributed by atoms with Gasteiger partial charge in [0.2, 0.25) is 0 Å². The fourth-order valence-electron chi connectivity index (χ4n) is 1.37. The highest BCUT2D eigenvalue weighted by atomic mass is 35.5. The summed E-state index contributed by atoms with van der Waals surface area (Å²) in [5.74, 6) is 0. The third-order valence-corrected chi connectivity index (χ3v) is 2.69. The van der Waals surface area contributed by atoms with E-state index in [1.165, 1.54) is 16.7 Å². The first-order valence-corrected chi connectivity index (χ1v) is 5.84. The monoisotopic (exact) mass is 212 g/mol. The lowest BCUT2D eigenvalue weighted by Crippen LogP contribution is -1.91. The van der Waals surface area contributed by atoms with E-state index < -0.39 is 0 Å². The zero-order valence-electron chi connectivity index (χ0n) is 9.95. The van der Waals surface area contributed by atoms with Gasteiger partial charge < -0.3 is 0 Å². The van der Waals surface area contributed by atoms with Crippen LogP contribution in [0.4, 0.5) is 0 Å². The van der Waals surface area contributed by atoms with Crippen molar-refractivity contribution in [3.63, 3.8) is 0 Å². The summed E-state index contributed by atoms with van der Waals surface area (Å²) in [5.41, 5.74) is 3.94. The molecule has 1 heteroatoms. The molecule has 0 bridgehead atoms. The van der Waals surface area contributed by atoms with Crippen molar-refractivity contribution < 1.29 is 0 Å². The number of rotatable bonds is 2. The van der Waals surface area contributed by atoms with Crippen LogP contribution in [0.25, 0.3) is 0 Å². The Labute approximate surface area is 93.3 Å². The minimum atomic E-state index is 0.909. The number of hydrogen-bond acceptors (Lipinski definition) is 0. The van der Waals surface area contributed by atoms with Gasteiger partial charge in [-0.15, -0.1) is 0 Å². The molecule has 80 valence electrons. The third kappa shape index (κ3) is 3.34. The Morgan fingerprint density at radius 1 is 1.07 bits per heavy atom. The molecule has 0 aliphatic carbocycles. The molecule has 0 aromatic heterocycles. The van der Waals surface area contributed by atoms with Crippen molar-refractivity contribution in [2.75, 3.05) is 0 Å². The largest absolute Gasteiger partial charge is 0.0840 e. The Hall–Kier alpha value is -0.490. The summed E-state index contributed by atoms with van der Waals surface area (Å²) in [6.07, 6.45) is 2.13. The lowest BCUT2D eigenvalue weighted by Gasteiger charge is -2.07. The molecule has 14 heavy (non-hydrogen) atoms. The second kappa shape index (κ2) is 6.89. The van der Waals surface area contributed by atoms with Crippen LogP contribution in [-0.2, 0) is 12.8 Å². The summed E-state index contributed by atoms with van der Waals surface area (Å²) in [7, 11) is 0. The number of aryl methyl sites for hydroxylation is 2. The highest BCUT2D eigenvalue weighted by Gasteiger charge is 2.02. The van der Waals surface area contributed by atoms with Crippen molar-refractivity contribution in [2.24, 2.45) is 0 Å². The molecule has 0 aliphatic heterocycles. The SMILES string of the molecule is CC.CCc1cc(Cl)c(C)c(CC)c1. The Morgan fingerprint density at radius 2 is 1.64 bits per heavy atom. The van der Waals surface area contributed by atoms with Crippen molar-refractivity contribution in [3.8, 4) is 0 Å². The first-order valence-electron chi connectivity index (χ1n) is 5.47. The number of halogens is 1. The van der Waals surface area contributed by atoms with Crippen molar-refractivity contribution in [1.29, 1.82) is 0 Å². The van der Waals surface area contributed by atoms with Crippen LogP contribution in [-0.4, -0.2) is 0 Å². The van der Waals surface area contributed by atoms with Gasteiger partial charge in [0.15, 0.2) is 0 Å². The van der Waals surface area contributed by atoms with Gasteiger partial charge in [-0.25, -0.2) is 0 Å². The molecule has 0 N–H and O–H groups in total. The lowest BCUT2D eigenvalue weighted by atomic mass is 10.0. The summed E-state index contributed by atoms with van der Waals surface area (Å²) in [4.78, 5) is 0. The second-order valence-corrected chi connectivity index (χ2v) is 3.48. The minimum Gasteiger partial charge on any atom is -0.0840 e. The van der Waals surface area contributed by atoms with Crippen LogP contribution in [0.5, 0.6) is 0 Å². The number of hydrogen-bond donors (Lipinski definition) is 0. The summed E-state index contributed by atoms with van der Waals surface area (Å²) in [6.45, 7) is 10.4. The Balaban J connectivity index is 0.000000791. The van der Waals surface area contributed by atoms with Gasteiger partial charge >= 0.3 is 0 Å². The minimum absolute atomic E-state index is 0.909. The molecular formula is C13H21Cl. The van der Waals surface area contributed by atoms with Gasteiger partial charge in [0.05, 0.1) is 0 Å². The summed E-state index contributed by atoms with van der Waals surface area (Å²) in [5, 5.41) is 0.909. The lowest BCUT2D eigenvalue weighted by molar-refractivity contribution is 1.07. The highest BCUT2D eigenvalue weighted by Crippen LogP contribution is 2.22. The molecule has 0 spiro atoms. The quantitative estimate of drug-likeness (QED) is 0.661. The van der Waals surface area contributed by atoms with Gasteiger partial charge in [-0.2, -0.15) is 0 Å². The van der Waals surface area contributed by atoms with E-state index in [2.05, 4.69) is 32.9 Å². The zero-order valence-corrected chi connectivity index (χ0v) is 10.7. The molecule has 1 aromatic rings. The fraction of sp³-hybridized carbons (Fsp3) is 0.538. The van der Waals surface area contributed by atoms with Crippen LogP contribution in [0, 0.1) is 6.92 Å². The molecule has 0 nitrogen and oxygen atoms in total. The van der Waals surface area contributed by atoms with E-state index in [4.69, 9.17) is 11.6 Å². The molecule has 0 atom stereocenters. The molecule has 0 fully saturated rings. The van der Waals surface area contributed by atoms with Crippen molar-refractivity contribution in [1.82, 2.24) is 0 Å². The van der Waals surface area contributed by atoms with Gasteiger partial charge in [0.25, 0.3) is 0 Å². The standard InChI is InChI=1S/C11H15Cl.C2H6/c1-4-9-6-10(5-2)8(3)11(12)7-9;1-2/h6-7H,4-5H2,1-3H3;1-2H3. The molecule has 0 radical (unpaired) electrons. The average Bonchev–Trinajstić information content (AvgIpc) is 2.24. The van der Waals surface area contributed by atoms with Crippen LogP contribution >= 0.6 is 11.6 Å². The summed E-state index contributed by atoms with van der Waals surface area (Å²) >= 11 is 6.08. The van der Waals surface area contributed by atoms with E-state index in [1.807, 2.05) is 13.8 Å². The molecule has 0 amide bonds. The van der Waals surface area contributed by atoms with E-state index in [0.717, 1.165) is 17.9 Å². The third-order valence-electron chi connectivity index (χ3n) is 2.30. The first-order chi connectivity index (χ1) is 6.69. The molecule has 0 saturated heterocycles. The highest BCUT2D eigenvalue weighted by molar-refractivity contribution is 6.31. The van der Waals surface area contributed by atoms with E-state index in [-0.39, 0.29) is 0 Å². The maximum absolute atomic E-state index is 6.08. The predicted octanol–water partition coefficient (Wildman–Crippen LogP) is 4.80. The first kappa shape index (κ1) is 13.5. The van der Waals surface area contributed by atoms with Gasteiger partial charge in [-0.3, -0.25) is 0 Å². The smallest absolute Gasteiger partial charge is 0.0440 e. The molecule has 1 aromatic carbocycles. The van der Waals surface area contributed by atoms with E-state index >= 15 is 0 Å². The van der Waals surface area contributed by atoms with Crippen LogP contribution < -0.4 is 0 Å². The number of benzene rings is 1. The summed E-state index contributed by atoms with van der Waals surface area (Å²) < 4.78 is 0. The van der Waals surface area contributed by atoms with Crippen LogP contribution in [0.1, 0.15) is 44.4 Å². The zero-order chi connectivity index (χ0) is 11.1. The van der Waals surface area contributed by atoms with Gasteiger partial charge in [0.1, 0.15) is 0 Å².